The van der Waals surface area contributed by atoms with E-state index in [4.69, 9.17) is 5.26 Å². The standard InChI is InChI=1S/C18H19NSi/c1-20(2,3)18-12-10-16(11-13-18)5-4-15-6-8-17(14-19)9-7-15/h4-13H,1-3H3/b5-4+. The molecule has 100 valence electrons. The lowest BCUT2D eigenvalue weighted by molar-refractivity contribution is 1.48. The topological polar surface area (TPSA) is 23.8 Å². The molecule has 0 bridgehead atoms. The van der Waals surface area contributed by atoms with Crippen LogP contribution in [0.5, 0.6) is 0 Å². The van der Waals surface area contributed by atoms with Gasteiger partial charge in [0.05, 0.1) is 19.7 Å². The van der Waals surface area contributed by atoms with Crippen LogP contribution < -0.4 is 5.19 Å². The van der Waals surface area contributed by atoms with Gasteiger partial charge in [-0.2, -0.15) is 5.26 Å². The Bertz CT molecular complexity index is 638. The Morgan fingerprint density at radius 2 is 1.25 bits per heavy atom. The summed E-state index contributed by atoms with van der Waals surface area (Å²) in [5.41, 5.74) is 3.01. The van der Waals surface area contributed by atoms with Gasteiger partial charge in [0.25, 0.3) is 0 Å². The number of nitrogens with zero attached hydrogens (tertiary/aromatic N) is 1. The SMILES string of the molecule is C[Si](C)(C)c1ccc(/C=C/c2ccc(C#N)cc2)cc1. The molecule has 0 aliphatic carbocycles. The van der Waals surface area contributed by atoms with Gasteiger partial charge in [0.15, 0.2) is 0 Å². The van der Waals surface area contributed by atoms with Crippen LogP contribution in [0.2, 0.25) is 19.6 Å². The second-order valence-electron chi connectivity index (χ2n) is 5.94. The van der Waals surface area contributed by atoms with Gasteiger partial charge in [-0.05, 0) is 23.3 Å². The molecular formula is C18H19NSi. The van der Waals surface area contributed by atoms with E-state index < -0.39 is 8.07 Å². The van der Waals surface area contributed by atoms with Gasteiger partial charge in [0.2, 0.25) is 0 Å². The van der Waals surface area contributed by atoms with Crippen LogP contribution in [0.4, 0.5) is 0 Å². The van der Waals surface area contributed by atoms with Gasteiger partial charge in [-0.25, -0.2) is 0 Å². The largest absolute Gasteiger partial charge is 0.192 e. The summed E-state index contributed by atoms with van der Waals surface area (Å²) in [6, 6.07) is 18.6. The summed E-state index contributed by atoms with van der Waals surface area (Å²) in [4.78, 5) is 0. The lowest BCUT2D eigenvalue weighted by Crippen LogP contribution is -2.37. The normalized spacial score (nSPS) is 11.5. The summed E-state index contributed by atoms with van der Waals surface area (Å²) in [6.07, 6.45) is 4.18. The van der Waals surface area contributed by atoms with Crippen LogP contribution in [-0.2, 0) is 0 Å². The Morgan fingerprint density at radius 3 is 1.65 bits per heavy atom. The third kappa shape index (κ3) is 3.69. The molecule has 0 amide bonds. The molecular weight excluding hydrogens is 258 g/mol. The maximum absolute atomic E-state index is 8.76. The van der Waals surface area contributed by atoms with Crippen molar-refractivity contribution in [1.29, 1.82) is 5.26 Å². The highest BCUT2D eigenvalue weighted by atomic mass is 28.3. The lowest BCUT2D eigenvalue weighted by atomic mass is 10.1. The van der Waals surface area contributed by atoms with Gasteiger partial charge in [0.1, 0.15) is 0 Å². The van der Waals surface area contributed by atoms with Crippen molar-refractivity contribution in [2.75, 3.05) is 0 Å². The average Bonchev–Trinajstić information content (AvgIpc) is 2.45. The number of nitriles is 1. The molecule has 20 heavy (non-hydrogen) atoms. The fourth-order valence-corrected chi connectivity index (χ4v) is 3.12. The van der Waals surface area contributed by atoms with Crippen molar-refractivity contribution in [3.05, 3.63) is 65.2 Å². The minimum atomic E-state index is -1.21. The van der Waals surface area contributed by atoms with Crippen molar-refractivity contribution in [1.82, 2.24) is 0 Å². The van der Waals surface area contributed by atoms with Gasteiger partial charge in [0, 0.05) is 0 Å². The zero-order chi connectivity index (χ0) is 14.6. The van der Waals surface area contributed by atoms with Crippen molar-refractivity contribution in [2.24, 2.45) is 0 Å². The van der Waals surface area contributed by atoms with E-state index in [1.165, 1.54) is 10.8 Å². The van der Waals surface area contributed by atoms with Crippen LogP contribution >= 0.6 is 0 Å². The van der Waals surface area contributed by atoms with Crippen LogP contribution in [-0.4, -0.2) is 8.07 Å². The fraction of sp³-hybridized carbons (Fsp3) is 0.167. The van der Waals surface area contributed by atoms with E-state index in [0.717, 1.165) is 5.56 Å². The summed E-state index contributed by atoms with van der Waals surface area (Å²) in [7, 11) is -1.21. The van der Waals surface area contributed by atoms with Crippen molar-refractivity contribution in [3.8, 4) is 6.07 Å². The highest BCUT2D eigenvalue weighted by molar-refractivity contribution is 6.88. The number of benzene rings is 2. The van der Waals surface area contributed by atoms with Crippen LogP contribution in [0.15, 0.2) is 48.5 Å². The molecule has 2 rings (SSSR count). The summed E-state index contributed by atoms with van der Waals surface area (Å²) in [5.74, 6) is 0. The van der Waals surface area contributed by atoms with Crippen LogP contribution in [0.1, 0.15) is 16.7 Å². The maximum Gasteiger partial charge on any atom is 0.0991 e. The Hall–Kier alpha value is -2.11. The summed E-state index contributed by atoms with van der Waals surface area (Å²) in [6.45, 7) is 7.07. The number of hydrogen-bond acceptors (Lipinski definition) is 1. The molecule has 2 aromatic rings. The molecule has 0 unspecified atom stereocenters. The second-order valence-corrected chi connectivity index (χ2v) is 11.0. The first-order valence-corrected chi connectivity index (χ1v) is 10.3. The Kier molecular flexibility index (Phi) is 4.22. The zero-order valence-electron chi connectivity index (χ0n) is 12.2. The van der Waals surface area contributed by atoms with E-state index in [0.29, 0.717) is 5.56 Å². The molecule has 2 aromatic carbocycles. The maximum atomic E-state index is 8.76. The number of rotatable bonds is 3. The van der Waals surface area contributed by atoms with Gasteiger partial charge in [-0.3, -0.25) is 0 Å². The molecule has 0 radical (unpaired) electrons. The first-order valence-electron chi connectivity index (χ1n) is 6.78. The molecule has 0 heterocycles. The van der Waals surface area contributed by atoms with Crippen LogP contribution in [0.3, 0.4) is 0 Å². The van der Waals surface area contributed by atoms with Gasteiger partial charge in [-0.15, -0.1) is 0 Å². The molecule has 1 nitrogen and oxygen atoms in total. The molecule has 0 aliphatic rings. The van der Waals surface area contributed by atoms with E-state index in [9.17, 15) is 0 Å². The average molecular weight is 277 g/mol. The third-order valence-corrected chi connectivity index (χ3v) is 5.35. The zero-order valence-corrected chi connectivity index (χ0v) is 13.2. The number of hydrogen-bond donors (Lipinski definition) is 0. The van der Waals surface area contributed by atoms with Crippen molar-refractivity contribution < 1.29 is 0 Å². The van der Waals surface area contributed by atoms with Crippen molar-refractivity contribution in [2.45, 2.75) is 19.6 Å². The van der Waals surface area contributed by atoms with Crippen LogP contribution in [0, 0.1) is 11.3 Å². The van der Waals surface area contributed by atoms with E-state index in [1.54, 1.807) is 0 Å². The molecule has 0 atom stereocenters. The van der Waals surface area contributed by atoms with E-state index >= 15 is 0 Å². The Morgan fingerprint density at radius 1 is 0.800 bits per heavy atom. The Labute approximate surface area is 122 Å². The predicted molar refractivity (Wildman–Crippen MR) is 89.5 cm³/mol. The monoisotopic (exact) mass is 277 g/mol. The van der Waals surface area contributed by atoms with Crippen LogP contribution in [0.25, 0.3) is 12.2 Å². The third-order valence-electron chi connectivity index (χ3n) is 3.28. The first-order chi connectivity index (χ1) is 9.49. The van der Waals surface area contributed by atoms with Gasteiger partial charge in [-0.1, -0.05) is 73.4 Å². The molecule has 0 aromatic heterocycles. The summed E-state index contributed by atoms with van der Waals surface area (Å²) >= 11 is 0. The highest BCUT2D eigenvalue weighted by Crippen LogP contribution is 2.10. The van der Waals surface area contributed by atoms with E-state index in [-0.39, 0.29) is 0 Å². The highest BCUT2D eigenvalue weighted by Gasteiger charge is 2.15. The quantitative estimate of drug-likeness (QED) is 0.607. The van der Waals surface area contributed by atoms with Crippen molar-refractivity contribution in [3.63, 3.8) is 0 Å². The van der Waals surface area contributed by atoms with Gasteiger partial charge >= 0.3 is 0 Å². The van der Waals surface area contributed by atoms with Crippen molar-refractivity contribution >= 4 is 25.4 Å². The Balaban J connectivity index is 2.13. The predicted octanol–water partition coefficient (Wildman–Crippen LogP) is 4.27. The fourth-order valence-electron chi connectivity index (χ4n) is 1.96. The smallest absolute Gasteiger partial charge is 0.0991 e. The molecule has 0 saturated heterocycles. The minimum Gasteiger partial charge on any atom is -0.192 e. The first kappa shape index (κ1) is 14.3. The molecule has 0 saturated carbocycles. The lowest BCUT2D eigenvalue weighted by Gasteiger charge is -2.16. The van der Waals surface area contributed by atoms with E-state index in [1.807, 2.05) is 24.3 Å². The summed E-state index contributed by atoms with van der Waals surface area (Å²) in [5, 5.41) is 10.2. The molecule has 0 fully saturated rings. The van der Waals surface area contributed by atoms with E-state index in [2.05, 4.69) is 62.1 Å². The molecule has 0 spiro atoms. The summed E-state index contributed by atoms with van der Waals surface area (Å²) < 4.78 is 0. The molecule has 2 heteroatoms. The molecule has 0 aliphatic heterocycles. The molecule has 0 N–H and O–H groups in total. The second kappa shape index (κ2) is 5.90. The minimum absolute atomic E-state index is 0.696. The van der Waals surface area contributed by atoms with Gasteiger partial charge < -0.3 is 0 Å².